The lowest BCUT2D eigenvalue weighted by atomic mass is 10.2. The van der Waals surface area contributed by atoms with Crippen LogP contribution in [0.3, 0.4) is 0 Å². The molecule has 0 saturated heterocycles. The zero-order valence-electron chi connectivity index (χ0n) is 12.1. The van der Waals surface area contributed by atoms with Gasteiger partial charge >= 0.3 is 0 Å². The van der Waals surface area contributed by atoms with E-state index in [1.165, 1.54) is 0 Å². The van der Waals surface area contributed by atoms with Gasteiger partial charge in [-0.3, -0.25) is 9.48 Å². The molecule has 1 heterocycles. The van der Waals surface area contributed by atoms with Crippen LogP contribution in [-0.4, -0.2) is 47.8 Å². The first-order valence-corrected chi connectivity index (χ1v) is 6.44. The zero-order valence-corrected chi connectivity index (χ0v) is 12.1. The fourth-order valence-electron chi connectivity index (χ4n) is 2.02. The molecule has 1 aromatic heterocycles. The van der Waals surface area contributed by atoms with Crippen LogP contribution < -0.4 is 5.32 Å². The van der Waals surface area contributed by atoms with E-state index in [0.717, 1.165) is 36.5 Å². The van der Waals surface area contributed by atoms with Gasteiger partial charge in [0.15, 0.2) is 0 Å². The lowest BCUT2D eigenvalue weighted by molar-refractivity contribution is 0.0951. The van der Waals surface area contributed by atoms with Crippen molar-refractivity contribution in [1.82, 2.24) is 20.0 Å². The van der Waals surface area contributed by atoms with Crippen molar-refractivity contribution < 1.29 is 4.79 Å². The molecular weight excluding hydrogens is 228 g/mol. The number of carbonyl (C=O) groups excluding carboxylic acids is 1. The average molecular weight is 252 g/mol. The van der Waals surface area contributed by atoms with Crippen molar-refractivity contribution in [3.05, 3.63) is 17.0 Å². The van der Waals surface area contributed by atoms with E-state index in [-0.39, 0.29) is 5.91 Å². The lowest BCUT2D eigenvalue weighted by Crippen LogP contribution is -2.28. The normalized spacial score (nSPS) is 11.0. The maximum absolute atomic E-state index is 12.1. The lowest BCUT2D eigenvalue weighted by Gasteiger charge is -2.10. The van der Waals surface area contributed by atoms with E-state index in [1.807, 2.05) is 39.5 Å². The van der Waals surface area contributed by atoms with Crippen molar-refractivity contribution in [2.75, 3.05) is 27.2 Å². The zero-order chi connectivity index (χ0) is 13.7. The fourth-order valence-corrected chi connectivity index (χ4v) is 2.02. The second-order valence-corrected chi connectivity index (χ2v) is 4.77. The highest BCUT2D eigenvalue weighted by molar-refractivity contribution is 5.96. The summed E-state index contributed by atoms with van der Waals surface area (Å²) in [6.45, 7) is 8.32. The molecule has 1 rings (SSSR count). The Morgan fingerprint density at radius 2 is 2.06 bits per heavy atom. The Labute approximate surface area is 109 Å². The van der Waals surface area contributed by atoms with Crippen LogP contribution in [0.5, 0.6) is 0 Å². The number of hydrogen-bond acceptors (Lipinski definition) is 3. The molecule has 102 valence electrons. The smallest absolute Gasteiger partial charge is 0.255 e. The molecule has 18 heavy (non-hydrogen) atoms. The van der Waals surface area contributed by atoms with Crippen LogP contribution in [0.2, 0.25) is 0 Å². The first-order chi connectivity index (χ1) is 8.47. The van der Waals surface area contributed by atoms with Crippen molar-refractivity contribution in [3.8, 4) is 0 Å². The average Bonchev–Trinajstić information content (AvgIpc) is 2.59. The number of nitrogens with one attached hydrogen (secondary N) is 1. The largest absolute Gasteiger partial charge is 0.352 e. The van der Waals surface area contributed by atoms with Crippen molar-refractivity contribution in [2.24, 2.45) is 0 Å². The third-order valence-corrected chi connectivity index (χ3v) is 2.98. The topological polar surface area (TPSA) is 50.2 Å². The number of aromatic nitrogens is 2. The molecule has 5 heteroatoms. The summed E-state index contributed by atoms with van der Waals surface area (Å²) in [4.78, 5) is 14.2. The minimum atomic E-state index is -0.0107. The summed E-state index contributed by atoms with van der Waals surface area (Å²) in [5.74, 6) is -0.0107. The molecule has 0 saturated carbocycles. The highest BCUT2D eigenvalue weighted by atomic mass is 16.1. The van der Waals surface area contributed by atoms with Crippen LogP contribution in [-0.2, 0) is 6.54 Å². The van der Waals surface area contributed by atoms with E-state index in [2.05, 4.69) is 15.3 Å². The highest BCUT2D eigenvalue weighted by Crippen LogP contribution is 2.12. The van der Waals surface area contributed by atoms with Gasteiger partial charge in [-0.15, -0.1) is 0 Å². The molecule has 1 aromatic rings. The summed E-state index contributed by atoms with van der Waals surface area (Å²) < 4.78 is 1.87. The quantitative estimate of drug-likeness (QED) is 0.774. The minimum Gasteiger partial charge on any atom is -0.352 e. The first kappa shape index (κ1) is 14.7. The van der Waals surface area contributed by atoms with Crippen LogP contribution in [0.4, 0.5) is 0 Å². The highest BCUT2D eigenvalue weighted by Gasteiger charge is 2.17. The Balaban J connectivity index is 2.59. The molecule has 0 aliphatic heterocycles. The van der Waals surface area contributed by atoms with Crippen molar-refractivity contribution >= 4 is 5.91 Å². The predicted octanol–water partition coefficient (Wildman–Crippen LogP) is 1.20. The summed E-state index contributed by atoms with van der Waals surface area (Å²) in [6.07, 6.45) is 0.957. The first-order valence-electron chi connectivity index (χ1n) is 6.44. The van der Waals surface area contributed by atoms with Crippen LogP contribution in [0.25, 0.3) is 0 Å². The number of hydrogen-bond donors (Lipinski definition) is 1. The molecule has 0 atom stereocenters. The number of amides is 1. The molecule has 0 aliphatic carbocycles. The maximum atomic E-state index is 12.1. The van der Waals surface area contributed by atoms with Gasteiger partial charge in [-0.05, 0) is 47.8 Å². The second kappa shape index (κ2) is 6.54. The molecule has 0 aliphatic rings. The minimum absolute atomic E-state index is 0.0107. The maximum Gasteiger partial charge on any atom is 0.255 e. The Bertz CT molecular complexity index is 409. The Kier molecular flexibility index (Phi) is 5.34. The molecule has 5 nitrogen and oxygen atoms in total. The molecular formula is C13H24N4O. The Morgan fingerprint density at radius 1 is 1.39 bits per heavy atom. The molecule has 0 spiro atoms. The van der Waals surface area contributed by atoms with Gasteiger partial charge in [-0.1, -0.05) is 0 Å². The summed E-state index contributed by atoms with van der Waals surface area (Å²) in [7, 11) is 4.06. The fraction of sp³-hybridized carbons (Fsp3) is 0.692. The second-order valence-electron chi connectivity index (χ2n) is 4.77. The third-order valence-electron chi connectivity index (χ3n) is 2.98. The third kappa shape index (κ3) is 3.57. The van der Waals surface area contributed by atoms with Gasteiger partial charge in [0.1, 0.15) is 0 Å². The summed E-state index contributed by atoms with van der Waals surface area (Å²) in [5.41, 5.74) is 2.47. The van der Waals surface area contributed by atoms with Crippen LogP contribution in [0.15, 0.2) is 0 Å². The van der Waals surface area contributed by atoms with E-state index in [4.69, 9.17) is 0 Å². The van der Waals surface area contributed by atoms with Gasteiger partial charge in [-0.25, -0.2) is 0 Å². The predicted molar refractivity (Wildman–Crippen MR) is 72.9 cm³/mol. The van der Waals surface area contributed by atoms with Gasteiger partial charge in [0.2, 0.25) is 0 Å². The van der Waals surface area contributed by atoms with E-state index < -0.39 is 0 Å². The van der Waals surface area contributed by atoms with Gasteiger partial charge in [0.25, 0.3) is 5.91 Å². The van der Waals surface area contributed by atoms with Crippen LogP contribution in [0, 0.1) is 13.8 Å². The molecule has 0 radical (unpaired) electrons. The molecule has 0 aromatic carbocycles. The summed E-state index contributed by atoms with van der Waals surface area (Å²) in [6, 6.07) is 0. The molecule has 0 bridgehead atoms. The van der Waals surface area contributed by atoms with E-state index >= 15 is 0 Å². The van der Waals surface area contributed by atoms with E-state index in [0.29, 0.717) is 6.54 Å². The Morgan fingerprint density at radius 3 is 2.56 bits per heavy atom. The van der Waals surface area contributed by atoms with Crippen LogP contribution in [0.1, 0.15) is 35.1 Å². The summed E-state index contributed by atoms with van der Waals surface area (Å²) >= 11 is 0. The number of carbonyl (C=O) groups is 1. The molecule has 1 amide bonds. The van der Waals surface area contributed by atoms with E-state index in [9.17, 15) is 4.79 Å². The van der Waals surface area contributed by atoms with Crippen LogP contribution >= 0.6 is 0 Å². The SMILES string of the molecule is CCn1nc(C)c(C(=O)NCCCN(C)C)c1C. The van der Waals surface area contributed by atoms with E-state index in [1.54, 1.807) is 0 Å². The van der Waals surface area contributed by atoms with Crippen molar-refractivity contribution in [3.63, 3.8) is 0 Å². The Hall–Kier alpha value is -1.36. The van der Waals surface area contributed by atoms with Gasteiger partial charge in [-0.2, -0.15) is 5.10 Å². The molecule has 0 fully saturated rings. The number of rotatable bonds is 6. The number of nitrogens with zero attached hydrogens (tertiary/aromatic N) is 3. The van der Waals surface area contributed by atoms with Crippen molar-refractivity contribution in [1.29, 1.82) is 0 Å². The summed E-state index contributed by atoms with van der Waals surface area (Å²) in [5, 5.41) is 7.31. The van der Waals surface area contributed by atoms with Crippen molar-refractivity contribution in [2.45, 2.75) is 33.7 Å². The van der Waals surface area contributed by atoms with Gasteiger partial charge in [0, 0.05) is 18.8 Å². The number of aryl methyl sites for hydroxylation is 2. The molecule has 1 N–H and O–H groups in total. The van der Waals surface area contributed by atoms with Gasteiger partial charge < -0.3 is 10.2 Å². The van der Waals surface area contributed by atoms with Gasteiger partial charge in [0.05, 0.1) is 11.3 Å². The molecule has 0 unspecified atom stereocenters. The monoisotopic (exact) mass is 252 g/mol. The standard InChI is InChI=1S/C13H24N4O/c1-6-17-11(3)12(10(2)15-17)13(18)14-8-7-9-16(4)5/h6-9H2,1-5H3,(H,14,18).